The van der Waals surface area contributed by atoms with Gasteiger partial charge in [0.05, 0.1) is 5.69 Å². The minimum Gasteiger partial charge on any atom is -0.465 e. The lowest BCUT2D eigenvalue weighted by Crippen LogP contribution is -2.36. The van der Waals surface area contributed by atoms with Gasteiger partial charge in [-0.05, 0) is 12.5 Å². The van der Waals surface area contributed by atoms with Crippen LogP contribution in [0.3, 0.4) is 0 Å². The second kappa shape index (κ2) is 6.54. The van der Waals surface area contributed by atoms with E-state index in [0.717, 1.165) is 34.5 Å². The third-order valence-corrected chi connectivity index (χ3v) is 6.13. The molecule has 0 fully saturated rings. The van der Waals surface area contributed by atoms with Gasteiger partial charge in [-0.1, -0.05) is 46.8 Å². The number of anilines is 1. The number of hydrogen-bond acceptors (Lipinski definition) is 5. The Balaban J connectivity index is 1.98. The largest absolute Gasteiger partial charge is 0.465 e. The van der Waals surface area contributed by atoms with Gasteiger partial charge in [0.25, 0.3) is 0 Å². The van der Waals surface area contributed by atoms with Crippen molar-refractivity contribution >= 4 is 28.4 Å². The SMILES string of the molecule is CCCN(C1=NCN(C(=O)O)C=C1)c1nc2c(s1)C(C)(C)C=CC2(C)C. The molecule has 1 amide bonds. The summed E-state index contributed by atoms with van der Waals surface area (Å²) in [5, 5.41) is 10.0. The third-order valence-electron chi connectivity index (χ3n) is 4.72. The van der Waals surface area contributed by atoms with E-state index in [2.05, 4.69) is 56.7 Å². The summed E-state index contributed by atoms with van der Waals surface area (Å²) in [5.74, 6) is 0.763. The zero-order chi connectivity index (χ0) is 19.1. The number of carboxylic acid groups (broad SMARTS) is 1. The lowest BCUT2D eigenvalue weighted by atomic mass is 9.75. The van der Waals surface area contributed by atoms with E-state index in [1.54, 1.807) is 23.6 Å². The topological polar surface area (TPSA) is 69.0 Å². The van der Waals surface area contributed by atoms with Gasteiger partial charge < -0.3 is 10.0 Å². The first-order valence-corrected chi connectivity index (χ1v) is 9.69. The molecule has 1 aliphatic carbocycles. The van der Waals surface area contributed by atoms with Crippen molar-refractivity contribution in [3.05, 3.63) is 35.0 Å². The summed E-state index contributed by atoms with van der Waals surface area (Å²) in [5.41, 5.74) is 0.990. The highest BCUT2D eigenvalue weighted by atomic mass is 32.1. The third kappa shape index (κ3) is 3.28. The molecule has 6 nitrogen and oxygen atoms in total. The van der Waals surface area contributed by atoms with E-state index >= 15 is 0 Å². The van der Waals surface area contributed by atoms with Gasteiger partial charge in [-0.25, -0.2) is 14.8 Å². The van der Waals surface area contributed by atoms with Crippen LogP contribution in [0.4, 0.5) is 9.93 Å². The summed E-state index contributed by atoms with van der Waals surface area (Å²) in [6.45, 7) is 11.8. The van der Waals surface area contributed by atoms with Gasteiger partial charge in [-0.15, -0.1) is 11.3 Å². The van der Waals surface area contributed by atoms with Crippen molar-refractivity contribution in [3.63, 3.8) is 0 Å². The maximum absolute atomic E-state index is 11.1. The van der Waals surface area contributed by atoms with Crippen molar-refractivity contribution in [1.29, 1.82) is 0 Å². The summed E-state index contributed by atoms with van der Waals surface area (Å²) in [6.07, 6.45) is 7.78. The minimum absolute atomic E-state index is 0.0387. The van der Waals surface area contributed by atoms with E-state index in [1.165, 1.54) is 4.88 Å². The number of fused-ring (bicyclic) bond motifs is 1. The molecule has 2 heterocycles. The molecule has 3 rings (SSSR count). The number of allylic oxidation sites excluding steroid dienone is 2. The number of amidine groups is 1. The number of hydrogen-bond donors (Lipinski definition) is 1. The molecule has 0 radical (unpaired) electrons. The molecular formula is C19H26N4O2S. The van der Waals surface area contributed by atoms with Crippen molar-refractivity contribution in [1.82, 2.24) is 9.88 Å². The Labute approximate surface area is 158 Å². The van der Waals surface area contributed by atoms with Gasteiger partial charge in [0, 0.05) is 28.5 Å². The van der Waals surface area contributed by atoms with Crippen molar-refractivity contribution in [2.24, 2.45) is 4.99 Å². The maximum Gasteiger partial charge on any atom is 0.412 e. The van der Waals surface area contributed by atoms with Gasteiger partial charge >= 0.3 is 6.09 Å². The molecule has 2 aliphatic rings. The van der Waals surface area contributed by atoms with Gasteiger partial charge in [-0.3, -0.25) is 4.90 Å². The standard InChI is InChI=1S/C19H26N4O2S/c1-6-10-23(13-7-11-22(12-20-13)17(24)25)16-21-14-15(26-16)19(4,5)9-8-18(14,2)3/h7-9,11H,6,10,12H2,1-5H3,(H,24,25). The predicted octanol–water partition coefficient (Wildman–Crippen LogP) is 4.35. The maximum atomic E-state index is 11.1. The molecule has 0 saturated carbocycles. The van der Waals surface area contributed by atoms with E-state index < -0.39 is 6.09 Å². The fraction of sp³-hybridized carbons (Fsp3) is 0.526. The quantitative estimate of drug-likeness (QED) is 0.799. The Kier molecular flexibility index (Phi) is 4.69. The number of thiazole rings is 1. The number of aliphatic imine (C=N–C) groups is 1. The van der Waals surface area contributed by atoms with Gasteiger partial charge in [-0.2, -0.15) is 0 Å². The molecule has 26 heavy (non-hydrogen) atoms. The van der Waals surface area contributed by atoms with Crippen molar-refractivity contribution < 1.29 is 9.90 Å². The van der Waals surface area contributed by atoms with Crippen LogP contribution in [0.25, 0.3) is 0 Å². The Bertz CT molecular complexity index is 769. The van der Waals surface area contributed by atoms with Crippen LogP contribution in [0.2, 0.25) is 0 Å². The fourth-order valence-electron chi connectivity index (χ4n) is 3.11. The van der Waals surface area contributed by atoms with E-state index in [0.29, 0.717) is 0 Å². The molecule has 0 unspecified atom stereocenters. The van der Waals surface area contributed by atoms with Crippen LogP contribution in [0, 0.1) is 0 Å². The van der Waals surface area contributed by atoms with Gasteiger partial charge in [0.1, 0.15) is 12.5 Å². The first kappa shape index (κ1) is 18.6. The normalized spacial score (nSPS) is 19.9. The predicted molar refractivity (Wildman–Crippen MR) is 106 cm³/mol. The van der Waals surface area contributed by atoms with Crippen molar-refractivity contribution in [3.8, 4) is 0 Å². The zero-order valence-corrected chi connectivity index (χ0v) is 16.8. The summed E-state index contributed by atoms with van der Waals surface area (Å²) in [4.78, 5) is 25.1. The molecule has 0 spiro atoms. The second-order valence-electron chi connectivity index (χ2n) is 7.83. The van der Waals surface area contributed by atoms with Crippen LogP contribution in [0.15, 0.2) is 29.4 Å². The van der Waals surface area contributed by atoms with E-state index in [-0.39, 0.29) is 17.5 Å². The van der Waals surface area contributed by atoms with Crippen molar-refractivity contribution in [2.75, 3.05) is 18.1 Å². The molecule has 1 aliphatic heterocycles. The molecule has 140 valence electrons. The van der Waals surface area contributed by atoms with Crippen LogP contribution < -0.4 is 4.90 Å². The molecular weight excluding hydrogens is 348 g/mol. The molecule has 1 aromatic heterocycles. The Morgan fingerprint density at radius 1 is 1.31 bits per heavy atom. The van der Waals surface area contributed by atoms with E-state index in [4.69, 9.17) is 10.1 Å². The Hall–Kier alpha value is -2.15. The Morgan fingerprint density at radius 3 is 2.54 bits per heavy atom. The van der Waals surface area contributed by atoms with Crippen LogP contribution in [0.1, 0.15) is 51.6 Å². The number of rotatable bonds is 3. The number of aromatic nitrogens is 1. The lowest BCUT2D eigenvalue weighted by Gasteiger charge is -2.32. The van der Waals surface area contributed by atoms with E-state index in [1.807, 2.05) is 0 Å². The average Bonchev–Trinajstić information content (AvgIpc) is 3.05. The number of amides is 1. The molecule has 0 atom stereocenters. The van der Waals surface area contributed by atoms with Crippen LogP contribution in [0.5, 0.6) is 0 Å². The zero-order valence-electron chi connectivity index (χ0n) is 16.0. The number of carbonyl (C=O) groups is 1. The monoisotopic (exact) mass is 374 g/mol. The smallest absolute Gasteiger partial charge is 0.412 e. The molecule has 0 bridgehead atoms. The van der Waals surface area contributed by atoms with Crippen LogP contribution in [-0.4, -0.2) is 40.1 Å². The molecule has 1 N–H and O–H groups in total. The summed E-state index contributed by atoms with van der Waals surface area (Å²) < 4.78 is 0. The van der Waals surface area contributed by atoms with Crippen LogP contribution >= 0.6 is 11.3 Å². The summed E-state index contributed by atoms with van der Waals surface area (Å²) >= 11 is 1.71. The molecule has 0 saturated heterocycles. The van der Waals surface area contributed by atoms with Gasteiger partial charge in [0.2, 0.25) is 0 Å². The Morgan fingerprint density at radius 2 is 2.00 bits per heavy atom. The highest BCUT2D eigenvalue weighted by Gasteiger charge is 2.37. The first-order chi connectivity index (χ1) is 12.2. The molecule has 0 aromatic carbocycles. The van der Waals surface area contributed by atoms with E-state index in [9.17, 15) is 4.79 Å². The average molecular weight is 375 g/mol. The van der Waals surface area contributed by atoms with Crippen LogP contribution in [-0.2, 0) is 10.8 Å². The molecule has 1 aromatic rings. The summed E-state index contributed by atoms with van der Waals surface area (Å²) in [6, 6.07) is 0. The first-order valence-electron chi connectivity index (χ1n) is 8.87. The minimum atomic E-state index is -0.995. The highest BCUT2D eigenvalue weighted by Crippen LogP contribution is 2.45. The second-order valence-corrected chi connectivity index (χ2v) is 8.81. The van der Waals surface area contributed by atoms with Crippen molar-refractivity contribution in [2.45, 2.75) is 51.9 Å². The van der Waals surface area contributed by atoms with Gasteiger partial charge in [0.15, 0.2) is 5.13 Å². The lowest BCUT2D eigenvalue weighted by molar-refractivity contribution is 0.163. The summed E-state index contributed by atoms with van der Waals surface area (Å²) in [7, 11) is 0. The fourth-order valence-corrected chi connectivity index (χ4v) is 4.46. The molecule has 7 heteroatoms. The highest BCUT2D eigenvalue weighted by molar-refractivity contribution is 7.16. The number of nitrogens with zero attached hydrogens (tertiary/aromatic N) is 4.